The molecule has 0 amide bonds. The van der Waals surface area contributed by atoms with E-state index in [0.717, 1.165) is 66.9 Å². The van der Waals surface area contributed by atoms with Gasteiger partial charge in [0.2, 0.25) is 0 Å². The van der Waals surface area contributed by atoms with Crippen LogP contribution in [-0.2, 0) is 10.8 Å². The minimum atomic E-state index is -0.136. The second kappa shape index (κ2) is 8.46. The molecule has 0 fully saturated rings. The fraction of sp³-hybridized carbons (Fsp3) is 0.235. The van der Waals surface area contributed by atoms with Gasteiger partial charge in [-0.3, -0.25) is 0 Å². The van der Waals surface area contributed by atoms with Crippen LogP contribution in [0.25, 0.3) is 55.2 Å². The smallest absolute Gasteiger partial charge is 0.134 e. The summed E-state index contributed by atoms with van der Waals surface area (Å²) in [7, 11) is 0. The second-order valence-corrected chi connectivity index (χ2v) is 12.6. The molecule has 7 aromatic rings. The van der Waals surface area contributed by atoms with Crippen LogP contribution in [0, 0.1) is 0 Å². The summed E-state index contributed by atoms with van der Waals surface area (Å²) in [5.74, 6) is 1.69. The molecule has 3 aromatic carbocycles. The van der Waals surface area contributed by atoms with Gasteiger partial charge in [0, 0.05) is 33.0 Å². The first-order valence-electron chi connectivity index (χ1n) is 13.8. The zero-order chi connectivity index (χ0) is 27.8. The van der Waals surface area contributed by atoms with Crippen molar-refractivity contribution in [3.63, 3.8) is 0 Å². The predicted octanol–water partition coefficient (Wildman–Crippen LogP) is 8.06. The number of benzene rings is 3. The fourth-order valence-electron chi connectivity index (χ4n) is 5.52. The molecule has 0 N–H and O–H groups in total. The van der Waals surface area contributed by atoms with Crippen molar-refractivity contribution in [1.82, 2.24) is 29.1 Å². The van der Waals surface area contributed by atoms with E-state index in [-0.39, 0.29) is 10.8 Å². The average molecular weight is 525 g/mol. The number of rotatable bonds is 2. The molecule has 7 rings (SSSR count). The van der Waals surface area contributed by atoms with Gasteiger partial charge in [0.15, 0.2) is 0 Å². The monoisotopic (exact) mass is 524 g/mol. The molecule has 0 aliphatic carbocycles. The highest BCUT2D eigenvalue weighted by molar-refractivity contribution is 6.08. The quantitative estimate of drug-likeness (QED) is 0.229. The van der Waals surface area contributed by atoms with E-state index >= 15 is 0 Å². The Hall–Kier alpha value is -4.58. The molecule has 0 spiro atoms. The van der Waals surface area contributed by atoms with Gasteiger partial charge in [0.1, 0.15) is 22.7 Å². The molecular formula is C34H32N6. The first-order valence-corrected chi connectivity index (χ1v) is 13.8. The van der Waals surface area contributed by atoms with Crippen LogP contribution in [0.4, 0.5) is 0 Å². The Morgan fingerprint density at radius 2 is 0.925 bits per heavy atom. The van der Waals surface area contributed by atoms with Crippen LogP contribution in [0.2, 0.25) is 0 Å². The van der Waals surface area contributed by atoms with Crippen molar-refractivity contribution in [2.45, 2.75) is 52.4 Å². The zero-order valence-corrected chi connectivity index (χ0v) is 23.8. The van der Waals surface area contributed by atoms with Crippen molar-refractivity contribution in [2.75, 3.05) is 0 Å². The summed E-state index contributed by atoms with van der Waals surface area (Å²) in [4.78, 5) is 19.7. The van der Waals surface area contributed by atoms with Crippen molar-refractivity contribution in [2.24, 2.45) is 0 Å². The van der Waals surface area contributed by atoms with E-state index in [1.165, 1.54) is 0 Å². The summed E-state index contributed by atoms with van der Waals surface area (Å²) >= 11 is 0. The molecule has 6 heteroatoms. The van der Waals surface area contributed by atoms with E-state index in [2.05, 4.69) is 123 Å². The summed E-state index contributed by atoms with van der Waals surface area (Å²) in [5.41, 5.74) is 7.97. The predicted molar refractivity (Wildman–Crippen MR) is 164 cm³/mol. The van der Waals surface area contributed by atoms with Gasteiger partial charge < -0.3 is 9.13 Å². The largest absolute Gasteiger partial charge is 0.306 e. The molecule has 6 nitrogen and oxygen atoms in total. The second-order valence-electron chi connectivity index (χ2n) is 12.6. The van der Waals surface area contributed by atoms with E-state index in [0.29, 0.717) is 0 Å². The Balaban J connectivity index is 1.49. The molecule has 0 saturated carbocycles. The van der Waals surface area contributed by atoms with Crippen LogP contribution < -0.4 is 0 Å². The van der Waals surface area contributed by atoms with Crippen molar-refractivity contribution < 1.29 is 0 Å². The average Bonchev–Trinajstić information content (AvgIpc) is 3.44. The van der Waals surface area contributed by atoms with Crippen LogP contribution >= 0.6 is 0 Å². The summed E-state index contributed by atoms with van der Waals surface area (Å²) < 4.78 is 4.53. The molecule has 0 atom stereocenters. The van der Waals surface area contributed by atoms with E-state index < -0.39 is 0 Å². The minimum absolute atomic E-state index is 0.136. The summed E-state index contributed by atoms with van der Waals surface area (Å²) in [6.07, 6.45) is 3.94. The van der Waals surface area contributed by atoms with Gasteiger partial charge in [-0.15, -0.1) is 0 Å². The van der Waals surface area contributed by atoms with Crippen LogP contribution in [0.1, 0.15) is 53.2 Å². The lowest BCUT2D eigenvalue weighted by Crippen LogP contribution is -2.15. The van der Waals surface area contributed by atoms with Gasteiger partial charge in [-0.1, -0.05) is 84.0 Å². The van der Waals surface area contributed by atoms with E-state index in [1.807, 2.05) is 12.4 Å². The first kappa shape index (κ1) is 24.5. The molecule has 0 unspecified atom stereocenters. The summed E-state index contributed by atoms with van der Waals surface area (Å²) in [5, 5.41) is 2.24. The lowest BCUT2D eigenvalue weighted by molar-refractivity contribution is 0.548. The topological polar surface area (TPSA) is 61.4 Å². The molecule has 4 aromatic heterocycles. The standard InChI is InChI=1S/C34H32N6/c1-33(2,3)31-35-19-27-29(37-31)23-14-7-9-16-25(23)39(27)21-12-11-13-22(18-21)40-26-17-10-8-15-24(26)30-28(40)20-36-32(38-30)34(4,5)6/h7-20H,1-6H3. The number of aromatic nitrogens is 6. The Morgan fingerprint density at radius 3 is 1.35 bits per heavy atom. The lowest BCUT2D eigenvalue weighted by atomic mass is 9.95. The fourth-order valence-corrected chi connectivity index (χ4v) is 5.52. The SMILES string of the molecule is CC(C)(C)c1ncc2c(n1)c1ccccc1n2-c1cccc(-n2c3ccccc3c3nc(C(C)(C)C)ncc32)c1. The Bertz CT molecular complexity index is 1940. The molecule has 0 bridgehead atoms. The van der Waals surface area contributed by atoms with E-state index in [1.54, 1.807) is 0 Å². The maximum absolute atomic E-state index is 5.05. The molecule has 0 radical (unpaired) electrons. The van der Waals surface area contributed by atoms with Crippen LogP contribution in [-0.4, -0.2) is 29.1 Å². The number of nitrogens with zero attached hydrogens (tertiary/aromatic N) is 6. The number of para-hydroxylation sites is 2. The Labute approximate surface area is 233 Å². The molecule has 0 aliphatic rings. The highest BCUT2D eigenvalue weighted by Gasteiger charge is 2.23. The maximum Gasteiger partial charge on any atom is 0.134 e. The van der Waals surface area contributed by atoms with Gasteiger partial charge in [-0.05, 0) is 30.3 Å². The first-order chi connectivity index (χ1) is 19.1. The van der Waals surface area contributed by atoms with Crippen LogP contribution in [0.15, 0.2) is 85.2 Å². The van der Waals surface area contributed by atoms with Crippen molar-refractivity contribution in [1.29, 1.82) is 0 Å². The zero-order valence-electron chi connectivity index (χ0n) is 23.8. The molecule has 0 saturated heterocycles. The molecule has 0 aliphatic heterocycles. The molecule has 198 valence electrons. The molecule has 40 heavy (non-hydrogen) atoms. The van der Waals surface area contributed by atoms with Gasteiger partial charge in [-0.2, -0.15) is 0 Å². The third-order valence-corrected chi connectivity index (χ3v) is 7.51. The third kappa shape index (κ3) is 3.70. The van der Waals surface area contributed by atoms with Crippen molar-refractivity contribution in [3.8, 4) is 11.4 Å². The normalized spacial score (nSPS) is 12.8. The van der Waals surface area contributed by atoms with Gasteiger partial charge in [0.25, 0.3) is 0 Å². The lowest BCUT2D eigenvalue weighted by Gasteiger charge is -2.16. The maximum atomic E-state index is 5.05. The van der Waals surface area contributed by atoms with Crippen molar-refractivity contribution >= 4 is 43.9 Å². The highest BCUT2D eigenvalue weighted by atomic mass is 15.1. The summed E-state index contributed by atoms with van der Waals surface area (Å²) in [6.45, 7) is 12.9. The minimum Gasteiger partial charge on any atom is -0.306 e. The van der Waals surface area contributed by atoms with E-state index in [9.17, 15) is 0 Å². The summed E-state index contributed by atoms with van der Waals surface area (Å²) in [6, 6.07) is 25.6. The molecular weight excluding hydrogens is 492 g/mol. The molecule has 4 heterocycles. The highest BCUT2D eigenvalue weighted by Crippen LogP contribution is 2.35. The Morgan fingerprint density at radius 1 is 0.500 bits per heavy atom. The number of hydrogen-bond donors (Lipinski definition) is 0. The van der Waals surface area contributed by atoms with Gasteiger partial charge in [0.05, 0.1) is 34.5 Å². The van der Waals surface area contributed by atoms with Crippen LogP contribution in [0.5, 0.6) is 0 Å². The van der Waals surface area contributed by atoms with Crippen LogP contribution in [0.3, 0.4) is 0 Å². The number of hydrogen-bond acceptors (Lipinski definition) is 4. The van der Waals surface area contributed by atoms with Gasteiger partial charge in [-0.25, -0.2) is 19.9 Å². The third-order valence-electron chi connectivity index (χ3n) is 7.51. The van der Waals surface area contributed by atoms with Crippen molar-refractivity contribution in [3.05, 3.63) is 96.8 Å². The Kier molecular flexibility index (Phi) is 5.17. The van der Waals surface area contributed by atoms with Gasteiger partial charge >= 0.3 is 0 Å². The van der Waals surface area contributed by atoms with E-state index in [4.69, 9.17) is 19.9 Å². The number of fused-ring (bicyclic) bond motifs is 6.